The maximum absolute atomic E-state index is 12.2. The lowest BCUT2D eigenvalue weighted by Gasteiger charge is -2.35. The Bertz CT molecular complexity index is 253. The maximum Gasteiger partial charge on any atom is 0.225 e. The number of hydrogen-bond acceptors (Lipinski definition) is 2. The molecule has 0 radical (unpaired) electrons. The van der Waals surface area contributed by atoms with Crippen LogP contribution in [0.2, 0.25) is 0 Å². The van der Waals surface area contributed by atoms with Gasteiger partial charge in [0.1, 0.15) is 0 Å². The molecule has 92 valence electrons. The third kappa shape index (κ3) is 2.57. The van der Waals surface area contributed by atoms with Gasteiger partial charge in [0.05, 0.1) is 0 Å². The highest BCUT2D eigenvalue weighted by Crippen LogP contribution is 2.37. The van der Waals surface area contributed by atoms with Crippen molar-refractivity contribution in [1.29, 1.82) is 0 Å². The molecule has 0 aromatic rings. The summed E-state index contributed by atoms with van der Waals surface area (Å²) < 4.78 is 0. The van der Waals surface area contributed by atoms with E-state index in [1.807, 2.05) is 0 Å². The van der Waals surface area contributed by atoms with E-state index in [-0.39, 0.29) is 12.0 Å². The number of carbonyl (C=O) groups is 1. The molecule has 3 nitrogen and oxygen atoms in total. The normalized spacial score (nSPS) is 26.6. The number of hydrogen-bond donors (Lipinski definition) is 1. The summed E-state index contributed by atoms with van der Waals surface area (Å²) in [5, 5.41) is 0. The molecule has 2 aliphatic rings. The van der Waals surface area contributed by atoms with Gasteiger partial charge in [-0.2, -0.15) is 0 Å². The van der Waals surface area contributed by atoms with Crippen LogP contribution < -0.4 is 5.73 Å². The van der Waals surface area contributed by atoms with E-state index in [2.05, 4.69) is 18.7 Å². The first-order valence-electron chi connectivity index (χ1n) is 6.64. The van der Waals surface area contributed by atoms with E-state index in [1.54, 1.807) is 0 Å². The average molecular weight is 224 g/mol. The molecule has 2 fully saturated rings. The van der Waals surface area contributed by atoms with Gasteiger partial charge in [0.15, 0.2) is 0 Å². The van der Waals surface area contributed by atoms with Crippen LogP contribution in [0.25, 0.3) is 0 Å². The van der Waals surface area contributed by atoms with Crippen molar-refractivity contribution in [2.45, 2.75) is 45.6 Å². The first kappa shape index (κ1) is 11.9. The van der Waals surface area contributed by atoms with Gasteiger partial charge in [-0.05, 0) is 44.4 Å². The van der Waals surface area contributed by atoms with Crippen LogP contribution in [0.15, 0.2) is 0 Å². The lowest BCUT2D eigenvalue weighted by Crippen LogP contribution is -2.44. The zero-order chi connectivity index (χ0) is 11.7. The number of amides is 1. The number of rotatable bonds is 3. The van der Waals surface area contributed by atoms with Gasteiger partial charge in [0.2, 0.25) is 5.91 Å². The predicted octanol–water partition coefficient (Wildman–Crippen LogP) is 1.62. The molecule has 1 aliphatic heterocycles. The topological polar surface area (TPSA) is 46.3 Å². The van der Waals surface area contributed by atoms with E-state index in [4.69, 9.17) is 5.73 Å². The molecule has 0 bridgehead atoms. The quantitative estimate of drug-likeness (QED) is 0.792. The Labute approximate surface area is 98.4 Å². The average Bonchev–Trinajstić information content (AvgIpc) is 3.11. The summed E-state index contributed by atoms with van der Waals surface area (Å²) in [6.07, 6.45) is 4.67. The van der Waals surface area contributed by atoms with Crippen molar-refractivity contribution in [1.82, 2.24) is 4.90 Å². The minimum atomic E-state index is 0.256. The molecule has 0 spiro atoms. The maximum atomic E-state index is 12.2. The van der Waals surface area contributed by atoms with Gasteiger partial charge in [0, 0.05) is 25.0 Å². The Morgan fingerprint density at radius 2 is 1.69 bits per heavy atom. The fourth-order valence-electron chi connectivity index (χ4n) is 2.73. The Morgan fingerprint density at radius 1 is 1.12 bits per heavy atom. The van der Waals surface area contributed by atoms with Crippen LogP contribution >= 0.6 is 0 Å². The zero-order valence-corrected chi connectivity index (χ0v) is 10.5. The van der Waals surface area contributed by atoms with Crippen molar-refractivity contribution in [3.8, 4) is 0 Å². The molecule has 0 aromatic heterocycles. The zero-order valence-electron chi connectivity index (χ0n) is 10.5. The van der Waals surface area contributed by atoms with Crippen LogP contribution in [0.1, 0.15) is 39.5 Å². The van der Waals surface area contributed by atoms with Crippen LogP contribution in [0.3, 0.4) is 0 Å². The van der Waals surface area contributed by atoms with E-state index in [1.165, 1.54) is 12.8 Å². The van der Waals surface area contributed by atoms with Gasteiger partial charge in [-0.1, -0.05) is 6.92 Å². The summed E-state index contributed by atoms with van der Waals surface area (Å²) in [5.74, 6) is 1.93. The third-order valence-corrected chi connectivity index (χ3v) is 4.31. The van der Waals surface area contributed by atoms with Crippen molar-refractivity contribution >= 4 is 5.91 Å². The lowest BCUT2D eigenvalue weighted by molar-refractivity contribution is -0.137. The Hall–Kier alpha value is -0.570. The monoisotopic (exact) mass is 224 g/mol. The molecule has 16 heavy (non-hydrogen) atoms. The number of likely N-dealkylation sites (tertiary alicyclic amines) is 1. The first-order valence-corrected chi connectivity index (χ1v) is 6.64. The molecule has 2 N–H and O–H groups in total. The third-order valence-electron chi connectivity index (χ3n) is 4.31. The summed E-state index contributed by atoms with van der Waals surface area (Å²) in [6.45, 7) is 6.01. The van der Waals surface area contributed by atoms with Crippen molar-refractivity contribution in [3.63, 3.8) is 0 Å². The Kier molecular flexibility index (Phi) is 3.53. The fourth-order valence-corrected chi connectivity index (χ4v) is 2.73. The molecule has 2 rings (SSSR count). The van der Waals surface area contributed by atoms with Gasteiger partial charge >= 0.3 is 0 Å². The summed E-state index contributed by atoms with van der Waals surface area (Å²) in [4.78, 5) is 14.2. The number of carbonyl (C=O) groups excluding carboxylic acids is 1. The van der Waals surface area contributed by atoms with E-state index in [9.17, 15) is 4.79 Å². The first-order chi connectivity index (χ1) is 7.59. The van der Waals surface area contributed by atoms with Crippen LogP contribution in [-0.2, 0) is 4.79 Å². The van der Waals surface area contributed by atoms with Gasteiger partial charge < -0.3 is 10.6 Å². The van der Waals surface area contributed by atoms with Crippen molar-refractivity contribution in [2.24, 2.45) is 23.5 Å². The molecule has 2 atom stereocenters. The molecular formula is C13H24N2O. The SMILES string of the molecule is CC(N)C1CCN(C(=O)C(C)C2CC2)CC1. The number of nitrogens with two attached hydrogens (primary N) is 1. The highest BCUT2D eigenvalue weighted by molar-refractivity contribution is 5.79. The second-order valence-electron chi connectivity index (χ2n) is 5.65. The molecule has 1 saturated carbocycles. The van der Waals surface area contributed by atoms with E-state index >= 15 is 0 Å². The summed E-state index contributed by atoms with van der Waals surface area (Å²) >= 11 is 0. The van der Waals surface area contributed by atoms with Crippen LogP contribution in [0.5, 0.6) is 0 Å². The largest absolute Gasteiger partial charge is 0.342 e. The lowest BCUT2D eigenvalue weighted by atomic mass is 9.90. The van der Waals surface area contributed by atoms with Crippen molar-refractivity contribution < 1.29 is 4.79 Å². The van der Waals surface area contributed by atoms with Crippen LogP contribution in [-0.4, -0.2) is 29.9 Å². The second kappa shape index (κ2) is 4.74. The molecule has 2 unspecified atom stereocenters. The van der Waals surface area contributed by atoms with Crippen LogP contribution in [0, 0.1) is 17.8 Å². The van der Waals surface area contributed by atoms with E-state index < -0.39 is 0 Å². The molecule has 0 aromatic carbocycles. The Balaban J connectivity index is 1.81. The van der Waals surface area contributed by atoms with Crippen molar-refractivity contribution in [2.75, 3.05) is 13.1 Å². The summed E-state index contributed by atoms with van der Waals surface area (Å²) in [6, 6.07) is 0.276. The van der Waals surface area contributed by atoms with Gasteiger partial charge in [0.25, 0.3) is 0 Å². The number of piperidine rings is 1. The molecule has 1 heterocycles. The van der Waals surface area contributed by atoms with Crippen molar-refractivity contribution in [3.05, 3.63) is 0 Å². The minimum absolute atomic E-state index is 0.256. The molecular weight excluding hydrogens is 200 g/mol. The van der Waals surface area contributed by atoms with Gasteiger partial charge in [-0.25, -0.2) is 0 Å². The van der Waals surface area contributed by atoms with Gasteiger partial charge in [-0.15, -0.1) is 0 Å². The second-order valence-corrected chi connectivity index (χ2v) is 5.65. The van der Waals surface area contributed by atoms with E-state index in [0.29, 0.717) is 17.7 Å². The van der Waals surface area contributed by atoms with E-state index in [0.717, 1.165) is 25.9 Å². The van der Waals surface area contributed by atoms with Crippen LogP contribution in [0.4, 0.5) is 0 Å². The predicted molar refractivity (Wildman–Crippen MR) is 64.8 cm³/mol. The smallest absolute Gasteiger partial charge is 0.225 e. The summed E-state index contributed by atoms with van der Waals surface area (Å²) in [7, 11) is 0. The highest BCUT2D eigenvalue weighted by Gasteiger charge is 2.36. The number of nitrogens with zero attached hydrogens (tertiary/aromatic N) is 1. The highest BCUT2D eigenvalue weighted by atomic mass is 16.2. The molecule has 1 aliphatic carbocycles. The molecule has 3 heteroatoms. The Morgan fingerprint density at radius 3 is 2.12 bits per heavy atom. The molecule has 1 saturated heterocycles. The minimum Gasteiger partial charge on any atom is -0.342 e. The standard InChI is InChI=1S/C13H24N2O/c1-9(11-3-4-11)13(16)15-7-5-12(6-8-15)10(2)14/h9-12H,3-8,14H2,1-2H3. The van der Waals surface area contributed by atoms with Gasteiger partial charge in [-0.3, -0.25) is 4.79 Å². The summed E-state index contributed by atoms with van der Waals surface area (Å²) in [5.41, 5.74) is 5.90. The molecule has 1 amide bonds. The fraction of sp³-hybridized carbons (Fsp3) is 0.923.